The zero-order valence-electron chi connectivity index (χ0n) is 17.1. The summed E-state index contributed by atoms with van der Waals surface area (Å²) >= 11 is 0. The van der Waals surface area contributed by atoms with Crippen LogP contribution in [-0.2, 0) is 5.54 Å². The zero-order chi connectivity index (χ0) is 22.3. The number of hydrogen-bond acceptors (Lipinski definition) is 7. The molecule has 3 aromatic heterocycles. The summed E-state index contributed by atoms with van der Waals surface area (Å²) in [5.74, 6) is 0.190. The second-order valence-corrected chi connectivity index (χ2v) is 8.39. The van der Waals surface area contributed by atoms with Crippen LogP contribution in [0.15, 0.2) is 36.7 Å². The largest absolute Gasteiger partial charge is 0.401 e. The van der Waals surface area contributed by atoms with Crippen LogP contribution in [0.1, 0.15) is 18.0 Å². The Morgan fingerprint density at radius 3 is 2.72 bits per heavy atom. The van der Waals surface area contributed by atoms with E-state index in [-0.39, 0.29) is 25.4 Å². The van der Waals surface area contributed by atoms with E-state index in [0.717, 1.165) is 29.7 Å². The van der Waals surface area contributed by atoms with Gasteiger partial charge in [-0.3, -0.25) is 25.4 Å². The molecule has 2 saturated heterocycles. The Hall–Kier alpha value is -3.07. The zero-order valence-corrected chi connectivity index (χ0v) is 17.1. The van der Waals surface area contributed by atoms with E-state index in [1.165, 1.54) is 4.90 Å². The number of alkyl halides is 3. The summed E-state index contributed by atoms with van der Waals surface area (Å²) in [7, 11) is 0. The van der Waals surface area contributed by atoms with Gasteiger partial charge >= 0.3 is 6.18 Å². The molecule has 5 rings (SSSR count). The van der Waals surface area contributed by atoms with Crippen LogP contribution in [0, 0.1) is 11.3 Å². The van der Waals surface area contributed by atoms with Gasteiger partial charge in [-0.05, 0) is 24.3 Å². The molecule has 2 aliphatic rings. The summed E-state index contributed by atoms with van der Waals surface area (Å²) in [6.07, 6.45) is -0.732. The van der Waals surface area contributed by atoms with Crippen molar-refractivity contribution in [1.29, 1.82) is 5.26 Å². The molecular formula is C21H21F3N8. The van der Waals surface area contributed by atoms with Gasteiger partial charge in [-0.2, -0.15) is 23.5 Å². The van der Waals surface area contributed by atoms with Gasteiger partial charge in [0, 0.05) is 55.6 Å². The molecule has 2 N–H and O–H groups in total. The van der Waals surface area contributed by atoms with Gasteiger partial charge in [0.15, 0.2) is 0 Å². The first-order valence-electron chi connectivity index (χ1n) is 10.3. The lowest BCUT2D eigenvalue weighted by atomic mass is 9.87. The first-order chi connectivity index (χ1) is 15.4. The van der Waals surface area contributed by atoms with Gasteiger partial charge in [-0.15, -0.1) is 0 Å². The predicted molar refractivity (Wildman–Crippen MR) is 110 cm³/mol. The lowest BCUT2D eigenvalue weighted by Gasteiger charge is -2.49. The number of pyridine rings is 2. The number of nitrogens with zero attached hydrogens (tertiary/aromatic N) is 6. The molecule has 0 saturated carbocycles. The van der Waals surface area contributed by atoms with Gasteiger partial charge in [-0.25, -0.2) is 4.98 Å². The van der Waals surface area contributed by atoms with Crippen LogP contribution in [0.3, 0.4) is 0 Å². The highest BCUT2D eigenvalue weighted by atomic mass is 19.4. The molecule has 0 spiro atoms. The van der Waals surface area contributed by atoms with Crippen molar-refractivity contribution < 1.29 is 13.2 Å². The highest BCUT2D eigenvalue weighted by molar-refractivity contribution is 5.91. The Kier molecular flexibility index (Phi) is 5.08. The van der Waals surface area contributed by atoms with Gasteiger partial charge in [0.25, 0.3) is 0 Å². The van der Waals surface area contributed by atoms with Crippen molar-refractivity contribution in [1.82, 2.24) is 35.5 Å². The van der Waals surface area contributed by atoms with Crippen LogP contribution in [0.2, 0.25) is 0 Å². The predicted octanol–water partition coefficient (Wildman–Crippen LogP) is 2.17. The Morgan fingerprint density at radius 2 is 2.00 bits per heavy atom. The smallest absolute Gasteiger partial charge is 0.290 e. The second-order valence-electron chi connectivity index (χ2n) is 8.39. The van der Waals surface area contributed by atoms with E-state index in [1.807, 2.05) is 18.2 Å². The minimum atomic E-state index is -4.27. The van der Waals surface area contributed by atoms with Crippen LogP contribution in [0.25, 0.3) is 22.3 Å². The number of hydrogen-bond donors (Lipinski definition) is 2. The lowest BCUT2D eigenvalue weighted by molar-refractivity contribution is -0.167. The van der Waals surface area contributed by atoms with E-state index in [9.17, 15) is 18.4 Å². The van der Waals surface area contributed by atoms with Crippen molar-refractivity contribution >= 4 is 10.9 Å². The number of hydrazine groups is 1. The van der Waals surface area contributed by atoms with Crippen LogP contribution in [0.5, 0.6) is 0 Å². The van der Waals surface area contributed by atoms with Gasteiger partial charge in [0.1, 0.15) is 16.9 Å². The van der Waals surface area contributed by atoms with Gasteiger partial charge in [-0.1, -0.05) is 0 Å². The molecule has 2 aliphatic heterocycles. The van der Waals surface area contributed by atoms with E-state index in [1.54, 1.807) is 23.1 Å². The molecule has 0 atom stereocenters. The minimum absolute atomic E-state index is 0.0810. The first kappa shape index (κ1) is 20.8. The number of aromatic nitrogens is 4. The number of nitrogens with one attached hydrogen (secondary N) is 2. The van der Waals surface area contributed by atoms with Crippen molar-refractivity contribution in [2.24, 2.45) is 0 Å². The molecule has 11 heteroatoms. The third kappa shape index (κ3) is 3.81. The summed E-state index contributed by atoms with van der Waals surface area (Å²) in [6, 6.07) is 9.65. The van der Waals surface area contributed by atoms with Crippen molar-refractivity contribution in [2.45, 2.75) is 24.1 Å². The fraction of sp³-hybridized carbons (Fsp3) is 0.429. The van der Waals surface area contributed by atoms with Crippen molar-refractivity contribution in [2.75, 3.05) is 32.7 Å². The van der Waals surface area contributed by atoms with Gasteiger partial charge in [0.2, 0.25) is 0 Å². The standard InChI is InChI=1S/C21H21F3N8/c22-21(23,24)13-31-11-20(12-31,4-5-25)32-7-3-16(30-32)19-15-2-1-6-26-18(15)8-17(29-19)14-9-27-28-10-14/h1-3,6-8,14,27-28H,4,9-13H2. The number of halogens is 3. The topological polar surface area (TPSA) is 94.7 Å². The maximum atomic E-state index is 12.8. The van der Waals surface area contributed by atoms with Crippen molar-refractivity contribution in [3.8, 4) is 17.5 Å². The Morgan fingerprint density at radius 1 is 1.22 bits per heavy atom. The quantitative estimate of drug-likeness (QED) is 0.625. The van der Waals surface area contributed by atoms with E-state index < -0.39 is 18.3 Å². The molecule has 0 aromatic carbocycles. The van der Waals surface area contributed by atoms with E-state index in [4.69, 9.17) is 4.98 Å². The van der Waals surface area contributed by atoms with Gasteiger partial charge in [0.05, 0.1) is 24.6 Å². The molecule has 8 nitrogen and oxygen atoms in total. The molecule has 3 aromatic rings. The minimum Gasteiger partial charge on any atom is -0.290 e. The number of likely N-dealkylation sites (tertiary alicyclic amines) is 1. The molecule has 0 unspecified atom stereocenters. The normalized spacial score (nSPS) is 19.2. The summed E-state index contributed by atoms with van der Waals surface area (Å²) in [5.41, 5.74) is 8.42. The third-order valence-electron chi connectivity index (χ3n) is 6.02. The summed E-state index contributed by atoms with van der Waals surface area (Å²) in [5, 5.41) is 14.8. The lowest BCUT2D eigenvalue weighted by Crippen LogP contribution is -2.64. The van der Waals surface area contributed by atoms with Crippen LogP contribution in [0.4, 0.5) is 13.2 Å². The maximum absolute atomic E-state index is 12.8. The maximum Gasteiger partial charge on any atom is 0.401 e. The van der Waals surface area contributed by atoms with Crippen LogP contribution >= 0.6 is 0 Å². The molecule has 0 aliphatic carbocycles. The molecule has 166 valence electrons. The molecule has 5 heterocycles. The first-order valence-corrected chi connectivity index (χ1v) is 10.3. The summed E-state index contributed by atoms with van der Waals surface area (Å²) < 4.78 is 39.9. The molecule has 0 radical (unpaired) electrons. The Balaban J connectivity index is 1.49. The van der Waals surface area contributed by atoms with Gasteiger partial charge < -0.3 is 0 Å². The number of nitriles is 1. The Bertz CT molecular complexity index is 1170. The van der Waals surface area contributed by atoms with E-state index in [2.05, 4.69) is 27.0 Å². The highest BCUT2D eigenvalue weighted by Gasteiger charge is 2.48. The molecule has 0 amide bonds. The summed E-state index contributed by atoms with van der Waals surface area (Å²) in [4.78, 5) is 10.7. The Labute approximate surface area is 182 Å². The summed E-state index contributed by atoms with van der Waals surface area (Å²) in [6.45, 7) is 0.753. The molecular weight excluding hydrogens is 421 g/mol. The monoisotopic (exact) mass is 442 g/mol. The van der Waals surface area contributed by atoms with Crippen molar-refractivity contribution in [3.63, 3.8) is 0 Å². The average molecular weight is 442 g/mol. The number of fused-ring (bicyclic) bond motifs is 1. The van der Waals surface area contributed by atoms with E-state index in [0.29, 0.717) is 11.4 Å². The fourth-order valence-electron chi connectivity index (χ4n) is 4.52. The van der Waals surface area contributed by atoms with Crippen LogP contribution in [-0.4, -0.2) is 63.5 Å². The third-order valence-corrected chi connectivity index (χ3v) is 6.02. The van der Waals surface area contributed by atoms with Crippen molar-refractivity contribution in [3.05, 3.63) is 42.4 Å². The molecule has 0 bridgehead atoms. The van der Waals surface area contributed by atoms with E-state index >= 15 is 0 Å². The SMILES string of the molecule is N#CCC1(n2ccc(-c3nc(C4CNNC4)cc4ncccc34)n2)CN(CC(F)(F)F)C1. The average Bonchev–Trinajstić information content (AvgIpc) is 3.43. The number of rotatable bonds is 5. The second kappa shape index (κ2) is 7.81. The highest BCUT2D eigenvalue weighted by Crippen LogP contribution is 2.36. The van der Waals surface area contributed by atoms with Crippen LogP contribution < -0.4 is 10.9 Å². The fourth-order valence-corrected chi connectivity index (χ4v) is 4.52. The molecule has 32 heavy (non-hydrogen) atoms. The molecule has 2 fully saturated rings.